The molecule has 2 saturated carbocycles. The van der Waals surface area contributed by atoms with Crippen LogP contribution in [0, 0.1) is 11.8 Å². The van der Waals surface area contributed by atoms with Crippen LogP contribution in [0.5, 0.6) is 5.75 Å². The van der Waals surface area contributed by atoms with E-state index in [0.29, 0.717) is 34.4 Å². The first-order valence-corrected chi connectivity index (χ1v) is 12.6. The van der Waals surface area contributed by atoms with Gasteiger partial charge in [0.1, 0.15) is 12.3 Å². The zero-order valence-corrected chi connectivity index (χ0v) is 21.9. The molecule has 3 aliphatic rings. The van der Waals surface area contributed by atoms with E-state index in [-0.39, 0.29) is 18.3 Å². The zero-order chi connectivity index (χ0) is 23.2. The minimum atomic E-state index is -0.122. The van der Waals surface area contributed by atoms with Crippen molar-refractivity contribution in [3.05, 3.63) is 63.1 Å². The summed E-state index contributed by atoms with van der Waals surface area (Å²) in [5.74, 6) is 2.38. The highest BCUT2D eigenvalue weighted by Gasteiger charge is 2.47. The van der Waals surface area contributed by atoms with Crippen LogP contribution in [0.4, 0.5) is 5.69 Å². The van der Waals surface area contributed by atoms with Crippen LogP contribution >= 0.6 is 23.2 Å². The van der Waals surface area contributed by atoms with Gasteiger partial charge >= 0.3 is 0 Å². The highest BCUT2D eigenvalue weighted by Crippen LogP contribution is 2.48. The van der Waals surface area contributed by atoms with Crippen LogP contribution in [0.3, 0.4) is 0 Å². The number of carbonyl (C=O) groups excluding carboxylic acids is 1. The van der Waals surface area contributed by atoms with E-state index in [0.717, 1.165) is 40.2 Å². The van der Waals surface area contributed by atoms with Crippen molar-refractivity contribution < 1.29 is 26.4 Å². The third kappa shape index (κ3) is 5.26. The van der Waals surface area contributed by atoms with Crippen LogP contribution in [-0.2, 0) is 11.3 Å². The molecule has 1 heterocycles. The van der Waals surface area contributed by atoms with Gasteiger partial charge in [0.15, 0.2) is 0 Å². The smallest absolute Gasteiger partial charge is 0.251 e. The van der Waals surface area contributed by atoms with Crippen molar-refractivity contribution in [2.45, 2.75) is 44.7 Å². The van der Waals surface area contributed by atoms with Crippen molar-refractivity contribution in [2.75, 3.05) is 26.0 Å². The lowest BCUT2D eigenvalue weighted by molar-refractivity contribution is -0.931. The average molecular weight is 522 g/mol. The fourth-order valence-electron chi connectivity index (χ4n) is 6.05. The van der Waals surface area contributed by atoms with Crippen molar-refractivity contribution in [2.24, 2.45) is 11.8 Å². The van der Waals surface area contributed by atoms with Gasteiger partial charge in [0.25, 0.3) is 5.91 Å². The van der Waals surface area contributed by atoms with Gasteiger partial charge in [0, 0.05) is 47.2 Å². The number of benzene rings is 2. The Kier molecular flexibility index (Phi) is 7.54. The Balaban J connectivity index is 0.00000274. The number of ether oxygens (including phenoxy) is 1. The highest BCUT2D eigenvalue weighted by atomic mass is 35.5. The van der Waals surface area contributed by atoms with Crippen LogP contribution in [-0.4, -0.2) is 37.1 Å². The topological polar surface area (TPSA) is 38.3 Å². The van der Waals surface area contributed by atoms with Crippen molar-refractivity contribution in [3.8, 4) is 5.75 Å². The zero-order valence-electron chi connectivity index (χ0n) is 19.6. The van der Waals surface area contributed by atoms with Crippen molar-refractivity contribution >= 4 is 40.9 Å². The van der Waals surface area contributed by atoms with Gasteiger partial charge in [-0.2, -0.15) is 0 Å². The summed E-state index contributed by atoms with van der Waals surface area (Å²) in [5, 5.41) is 3.92. The molecule has 2 aromatic carbocycles. The fraction of sp³-hybridized carbons (Fsp3) is 0.444. The van der Waals surface area contributed by atoms with Gasteiger partial charge < -0.3 is 26.9 Å². The number of rotatable bonds is 5. The van der Waals surface area contributed by atoms with Gasteiger partial charge in [-0.05, 0) is 49.5 Å². The molecule has 7 heteroatoms. The molecule has 3 unspecified atom stereocenters. The number of amides is 1. The average Bonchev–Trinajstić information content (AvgIpc) is 3.36. The molecule has 1 N–H and O–H groups in total. The summed E-state index contributed by atoms with van der Waals surface area (Å²) in [6.07, 6.45) is 8.01. The number of quaternary nitrogens is 1. The maximum absolute atomic E-state index is 12.9. The van der Waals surface area contributed by atoms with Gasteiger partial charge in [-0.3, -0.25) is 4.79 Å². The number of nitrogens with one attached hydrogen (secondary N) is 1. The first-order chi connectivity index (χ1) is 15.8. The summed E-state index contributed by atoms with van der Waals surface area (Å²) < 4.78 is 6.81. The van der Waals surface area contributed by atoms with Crippen LogP contribution in [0.2, 0.25) is 10.0 Å². The van der Waals surface area contributed by atoms with Crippen molar-refractivity contribution in [3.63, 3.8) is 0 Å². The number of hydrogen-bond acceptors (Lipinski definition) is 2. The second-order valence-corrected chi connectivity index (χ2v) is 11.2. The van der Waals surface area contributed by atoms with Gasteiger partial charge in [-0.25, -0.2) is 0 Å². The molecular weight excluding hydrogens is 491 g/mol. The number of carbonyl (C=O) groups is 1. The largest absolute Gasteiger partial charge is 1.00 e. The molecule has 5 rings (SSSR count). The van der Waals surface area contributed by atoms with Crippen LogP contribution in [0.1, 0.15) is 43.2 Å². The van der Waals surface area contributed by atoms with Crippen LogP contribution in [0.15, 0.2) is 42.0 Å². The Morgan fingerprint density at radius 3 is 2.50 bits per heavy atom. The highest BCUT2D eigenvalue weighted by molar-refractivity contribution is 6.42. The summed E-state index contributed by atoms with van der Waals surface area (Å²) in [5.41, 5.74) is 3.53. The molecule has 1 aliphatic heterocycles. The number of nitrogens with zero attached hydrogens (tertiary/aromatic N) is 1. The van der Waals surface area contributed by atoms with E-state index in [1.807, 2.05) is 18.2 Å². The molecule has 1 amide bonds. The summed E-state index contributed by atoms with van der Waals surface area (Å²) in [4.78, 5) is 12.9. The Hall–Kier alpha value is -1.72. The number of fused-ring (bicyclic) bond motifs is 3. The second-order valence-electron chi connectivity index (χ2n) is 10.4. The molecule has 2 bridgehead atoms. The monoisotopic (exact) mass is 520 g/mol. The summed E-state index contributed by atoms with van der Waals surface area (Å²) >= 11 is 12.3. The lowest BCUT2D eigenvalue weighted by Crippen LogP contribution is -3.00. The van der Waals surface area contributed by atoms with E-state index < -0.39 is 0 Å². The first kappa shape index (κ1) is 25.4. The Labute approximate surface area is 218 Å². The molecule has 34 heavy (non-hydrogen) atoms. The molecule has 3 atom stereocenters. The van der Waals surface area contributed by atoms with E-state index in [1.54, 1.807) is 12.1 Å². The predicted molar refractivity (Wildman–Crippen MR) is 135 cm³/mol. The number of anilines is 1. The molecule has 2 aliphatic carbocycles. The summed E-state index contributed by atoms with van der Waals surface area (Å²) in [6, 6.07) is 12.5. The molecular formula is C27H31Cl3N2O2. The van der Waals surface area contributed by atoms with Gasteiger partial charge in [-0.15, -0.1) is 0 Å². The maximum atomic E-state index is 12.9. The van der Waals surface area contributed by atoms with E-state index in [1.165, 1.54) is 31.2 Å². The number of halogens is 3. The molecule has 0 spiro atoms. The lowest BCUT2D eigenvalue weighted by Gasteiger charge is -2.40. The van der Waals surface area contributed by atoms with Gasteiger partial charge in [0.05, 0.1) is 36.8 Å². The molecule has 0 aromatic heterocycles. The molecule has 2 aromatic rings. The normalized spacial score (nSPS) is 23.3. The molecule has 4 nitrogen and oxygen atoms in total. The van der Waals surface area contributed by atoms with E-state index in [4.69, 9.17) is 27.9 Å². The van der Waals surface area contributed by atoms with E-state index in [2.05, 4.69) is 31.5 Å². The second kappa shape index (κ2) is 10.1. The quantitative estimate of drug-likeness (QED) is 0.611. The van der Waals surface area contributed by atoms with Crippen molar-refractivity contribution in [1.82, 2.24) is 0 Å². The predicted octanol–water partition coefficient (Wildman–Crippen LogP) is 3.57. The molecule has 2 fully saturated rings. The molecule has 0 radical (unpaired) electrons. The summed E-state index contributed by atoms with van der Waals surface area (Å²) in [7, 11) is 4.75. The van der Waals surface area contributed by atoms with Gasteiger partial charge in [0.2, 0.25) is 0 Å². The number of hydrogen-bond donors (Lipinski definition) is 1. The maximum Gasteiger partial charge on any atom is 0.251 e. The Morgan fingerprint density at radius 2 is 1.82 bits per heavy atom. The Morgan fingerprint density at radius 1 is 1.09 bits per heavy atom. The fourth-order valence-corrected chi connectivity index (χ4v) is 6.38. The third-order valence-corrected chi connectivity index (χ3v) is 8.43. The first-order valence-electron chi connectivity index (χ1n) is 11.8. The van der Waals surface area contributed by atoms with E-state index >= 15 is 0 Å². The third-order valence-electron chi connectivity index (χ3n) is 7.70. The molecule has 182 valence electrons. The summed E-state index contributed by atoms with van der Waals surface area (Å²) in [6.45, 7) is 1.43. The Bertz CT molecular complexity index is 1100. The standard InChI is InChI=1S/C27H30Cl2N2O2.ClH/c1-31(2,25-12-18-3-6-19(25)11-18)16-17-4-7-22(8-5-17)30-27(32)20-9-10-33-26-15-24(29)23(28)14-21(26)13-20;/h4-5,7-8,13-15,18-19,25H,3,6,9-12,16H2,1-2H3;1H. The van der Waals surface area contributed by atoms with E-state index in [9.17, 15) is 4.79 Å². The minimum Gasteiger partial charge on any atom is -1.00 e. The van der Waals surface area contributed by atoms with Crippen molar-refractivity contribution in [1.29, 1.82) is 0 Å². The van der Waals surface area contributed by atoms with Crippen LogP contribution in [0.25, 0.3) is 6.08 Å². The van der Waals surface area contributed by atoms with Crippen LogP contribution < -0.4 is 22.5 Å². The molecule has 0 saturated heterocycles. The van der Waals surface area contributed by atoms with Gasteiger partial charge in [-0.1, -0.05) is 35.3 Å². The minimum absolute atomic E-state index is 0. The lowest BCUT2D eigenvalue weighted by atomic mass is 9.92. The SMILES string of the molecule is C[N+](C)(Cc1ccc(NC(=O)C2=Cc3cc(Cl)c(Cl)cc3OCC2)cc1)C1CC2CCC1C2.[Cl-].